The van der Waals surface area contributed by atoms with E-state index in [1.165, 1.54) is 12.1 Å². The summed E-state index contributed by atoms with van der Waals surface area (Å²) < 4.78 is 27.3. The maximum Gasteiger partial charge on any atom is 0.323 e. The summed E-state index contributed by atoms with van der Waals surface area (Å²) in [5, 5.41) is 9.48. The van der Waals surface area contributed by atoms with Crippen molar-refractivity contribution in [1.82, 2.24) is 4.90 Å². The van der Waals surface area contributed by atoms with E-state index in [0.29, 0.717) is 13.0 Å². The maximum absolute atomic E-state index is 13.9. The number of hydrogen-bond acceptors (Lipinski definition) is 2. The van der Waals surface area contributed by atoms with Gasteiger partial charge in [0.15, 0.2) is 11.6 Å². The van der Waals surface area contributed by atoms with E-state index >= 15 is 0 Å². The minimum atomic E-state index is -1.03. The van der Waals surface area contributed by atoms with E-state index in [2.05, 4.69) is 0 Å². The first-order chi connectivity index (χ1) is 9.38. The van der Waals surface area contributed by atoms with Crippen LogP contribution in [-0.4, -0.2) is 28.1 Å². The molecule has 1 N–H and O–H groups in total. The van der Waals surface area contributed by atoms with Gasteiger partial charge in [-0.1, -0.05) is 12.1 Å². The normalized spacial score (nSPS) is 25.4. The number of likely N-dealkylation sites (tertiary alicyclic amines) is 1. The Bertz CT molecular complexity index is 521. The zero-order chi connectivity index (χ0) is 14.9. The molecular weight excluding hydrogens is 264 g/mol. The number of aliphatic carboxylic acids is 1. The fourth-order valence-electron chi connectivity index (χ4n) is 3.00. The lowest BCUT2D eigenvalue weighted by molar-refractivity contribution is -0.155. The fraction of sp³-hybridized carbons (Fsp3) is 0.533. The molecule has 1 heterocycles. The van der Waals surface area contributed by atoms with E-state index in [1.807, 2.05) is 0 Å². The summed E-state index contributed by atoms with van der Waals surface area (Å²) in [6, 6.07) is 3.55. The van der Waals surface area contributed by atoms with E-state index in [0.717, 1.165) is 18.9 Å². The Hall–Kier alpha value is -1.49. The highest BCUT2D eigenvalue weighted by molar-refractivity contribution is 5.78. The standard InChI is InChI=1S/C15H19F2NO2/c1-10(11-6-5-7-12(16)13(11)17)18-9-4-3-8-15(18,2)14(19)20/h5-7,10H,3-4,8-9H2,1-2H3,(H,19,20). The molecule has 0 bridgehead atoms. The van der Waals surface area contributed by atoms with Gasteiger partial charge in [-0.2, -0.15) is 0 Å². The van der Waals surface area contributed by atoms with Gasteiger partial charge in [-0.3, -0.25) is 9.69 Å². The number of rotatable bonds is 3. The lowest BCUT2D eigenvalue weighted by atomic mass is 9.86. The molecule has 0 aromatic heterocycles. The van der Waals surface area contributed by atoms with Gasteiger partial charge >= 0.3 is 5.97 Å². The summed E-state index contributed by atoms with van der Waals surface area (Å²) in [5.74, 6) is -2.71. The number of nitrogens with zero attached hydrogens (tertiary/aromatic N) is 1. The van der Waals surface area contributed by atoms with Crippen molar-refractivity contribution in [2.45, 2.75) is 44.7 Å². The molecule has 1 fully saturated rings. The van der Waals surface area contributed by atoms with E-state index in [-0.39, 0.29) is 5.56 Å². The minimum absolute atomic E-state index is 0.208. The first-order valence-electron chi connectivity index (χ1n) is 6.82. The summed E-state index contributed by atoms with van der Waals surface area (Å²) >= 11 is 0. The molecule has 2 rings (SSSR count). The fourth-order valence-corrected chi connectivity index (χ4v) is 3.00. The van der Waals surface area contributed by atoms with Crippen LogP contribution in [0, 0.1) is 11.6 Å². The Morgan fingerprint density at radius 3 is 2.75 bits per heavy atom. The van der Waals surface area contributed by atoms with Crippen LogP contribution in [0.25, 0.3) is 0 Å². The van der Waals surface area contributed by atoms with Gasteiger partial charge < -0.3 is 5.11 Å². The van der Waals surface area contributed by atoms with E-state index < -0.39 is 29.2 Å². The average molecular weight is 283 g/mol. The van der Waals surface area contributed by atoms with Crippen LogP contribution in [0.1, 0.15) is 44.7 Å². The Labute approximate surface area is 117 Å². The average Bonchev–Trinajstić information content (AvgIpc) is 2.41. The molecule has 110 valence electrons. The topological polar surface area (TPSA) is 40.5 Å². The van der Waals surface area contributed by atoms with Gasteiger partial charge in [-0.15, -0.1) is 0 Å². The molecule has 1 aliphatic rings. The smallest absolute Gasteiger partial charge is 0.323 e. The van der Waals surface area contributed by atoms with Gasteiger partial charge in [0.05, 0.1) is 0 Å². The zero-order valence-corrected chi connectivity index (χ0v) is 11.7. The maximum atomic E-state index is 13.9. The molecule has 20 heavy (non-hydrogen) atoms. The van der Waals surface area contributed by atoms with Gasteiger partial charge in [0, 0.05) is 11.6 Å². The molecule has 0 radical (unpaired) electrons. The number of benzene rings is 1. The molecule has 0 amide bonds. The molecule has 0 saturated carbocycles. The number of carboxylic acids is 1. The number of piperidine rings is 1. The van der Waals surface area contributed by atoms with Crippen LogP contribution in [0.15, 0.2) is 18.2 Å². The van der Waals surface area contributed by atoms with Crippen molar-refractivity contribution in [3.05, 3.63) is 35.4 Å². The summed E-state index contributed by atoms with van der Waals surface area (Å²) in [5.41, 5.74) is -0.824. The molecular formula is C15H19F2NO2. The van der Waals surface area contributed by atoms with Gasteiger partial charge in [0.1, 0.15) is 5.54 Å². The highest BCUT2D eigenvalue weighted by atomic mass is 19.2. The number of carbonyl (C=O) groups is 1. The largest absolute Gasteiger partial charge is 0.480 e. The van der Waals surface area contributed by atoms with Crippen LogP contribution in [0.2, 0.25) is 0 Å². The lowest BCUT2D eigenvalue weighted by Gasteiger charge is -2.45. The molecule has 0 spiro atoms. The Balaban J connectivity index is 2.37. The van der Waals surface area contributed by atoms with Crippen LogP contribution < -0.4 is 0 Å². The van der Waals surface area contributed by atoms with Crippen LogP contribution in [-0.2, 0) is 4.79 Å². The van der Waals surface area contributed by atoms with Gasteiger partial charge in [0.2, 0.25) is 0 Å². The lowest BCUT2D eigenvalue weighted by Crippen LogP contribution is -2.55. The second-order valence-corrected chi connectivity index (χ2v) is 5.55. The monoisotopic (exact) mass is 283 g/mol. The third-order valence-corrected chi connectivity index (χ3v) is 4.31. The molecule has 2 unspecified atom stereocenters. The first-order valence-corrected chi connectivity index (χ1v) is 6.82. The number of halogens is 2. The predicted octanol–water partition coefficient (Wildman–Crippen LogP) is 3.36. The first kappa shape index (κ1) is 14.9. The molecule has 5 heteroatoms. The van der Waals surface area contributed by atoms with Crippen LogP contribution in [0.5, 0.6) is 0 Å². The molecule has 1 aromatic rings. The van der Waals surface area contributed by atoms with Crippen molar-refractivity contribution in [2.75, 3.05) is 6.54 Å². The van der Waals surface area contributed by atoms with E-state index in [9.17, 15) is 18.7 Å². The quantitative estimate of drug-likeness (QED) is 0.924. The van der Waals surface area contributed by atoms with Crippen molar-refractivity contribution in [2.24, 2.45) is 0 Å². The van der Waals surface area contributed by atoms with Crippen molar-refractivity contribution >= 4 is 5.97 Å². The zero-order valence-electron chi connectivity index (χ0n) is 11.7. The molecule has 1 aromatic carbocycles. The van der Waals surface area contributed by atoms with E-state index in [4.69, 9.17) is 0 Å². The second-order valence-electron chi connectivity index (χ2n) is 5.55. The third kappa shape index (κ3) is 2.42. The molecule has 1 aliphatic heterocycles. The van der Waals surface area contributed by atoms with E-state index in [1.54, 1.807) is 18.7 Å². The highest BCUT2D eigenvalue weighted by Gasteiger charge is 2.44. The van der Waals surface area contributed by atoms with Crippen molar-refractivity contribution in [3.8, 4) is 0 Å². The molecule has 3 nitrogen and oxygen atoms in total. The molecule has 0 aliphatic carbocycles. The second kappa shape index (κ2) is 5.48. The Kier molecular flexibility index (Phi) is 4.09. The number of carboxylic acid groups (broad SMARTS) is 1. The van der Waals surface area contributed by atoms with Gasteiger partial charge in [-0.25, -0.2) is 8.78 Å². The molecule has 1 saturated heterocycles. The predicted molar refractivity (Wildman–Crippen MR) is 71.4 cm³/mol. The van der Waals surface area contributed by atoms with Crippen molar-refractivity contribution in [3.63, 3.8) is 0 Å². The number of hydrogen-bond donors (Lipinski definition) is 1. The van der Waals surface area contributed by atoms with Crippen LogP contribution in [0.4, 0.5) is 8.78 Å². The van der Waals surface area contributed by atoms with Gasteiger partial charge in [0.25, 0.3) is 0 Å². The minimum Gasteiger partial charge on any atom is -0.480 e. The Morgan fingerprint density at radius 2 is 2.10 bits per heavy atom. The third-order valence-electron chi connectivity index (χ3n) is 4.31. The molecule has 2 atom stereocenters. The highest BCUT2D eigenvalue weighted by Crippen LogP contribution is 2.36. The Morgan fingerprint density at radius 1 is 1.40 bits per heavy atom. The summed E-state index contributed by atoms with van der Waals surface area (Å²) in [4.78, 5) is 13.3. The SMILES string of the molecule is CC(c1cccc(F)c1F)N1CCCCC1(C)C(=O)O. The van der Waals surface area contributed by atoms with Crippen molar-refractivity contribution in [1.29, 1.82) is 0 Å². The van der Waals surface area contributed by atoms with Crippen LogP contribution >= 0.6 is 0 Å². The summed E-state index contributed by atoms with van der Waals surface area (Å²) in [7, 11) is 0. The summed E-state index contributed by atoms with van der Waals surface area (Å²) in [6.45, 7) is 3.95. The van der Waals surface area contributed by atoms with Crippen LogP contribution in [0.3, 0.4) is 0 Å². The van der Waals surface area contributed by atoms with Gasteiger partial charge in [-0.05, 0) is 45.7 Å². The van der Waals surface area contributed by atoms with Crippen molar-refractivity contribution < 1.29 is 18.7 Å². The summed E-state index contributed by atoms with van der Waals surface area (Å²) in [6.07, 6.45) is 2.21.